The van der Waals surface area contributed by atoms with Crippen molar-refractivity contribution in [2.45, 2.75) is 330 Å². The summed E-state index contributed by atoms with van der Waals surface area (Å²) in [7, 11) is 0. The second-order valence-corrected chi connectivity index (χ2v) is 39.7. The average molecular weight is 1460 g/mol. The molecule has 6 N–H and O–H groups in total. The monoisotopic (exact) mass is 1460 g/mol. The first-order chi connectivity index (χ1) is 50.0. The molecule has 9 fully saturated rings. The van der Waals surface area contributed by atoms with Crippen LogP contribution in [0.2, 0.25) is 0 Å². The fraction of sp³-hybridized carbons (Fsp3) is 0.777. The van der Waals surface area contributed by atoms with E-state index >= 15 is 0 Å². The summed E-state index contributed by atoms with van der Waals surface area (Å²) in [6.45, 7) is 29.3. The van der Waals surface area contributed by atoms with Gasteiger partial charge in [0.1, 0.15) is 0 Å². The standard InChI is InChI=1S/3C31H47NO2.CH3FS/c3*1-5-31(34)18-17-29(3)22(20-31)10-11-23-25-13-12-24(30(25,4)16-15-26(23)29)21(2)9-14-28(33)27-8-6-7-19-32-27;1-3-2/h3*6-8,10,19,21,23-26,28,33-34H,5,9,11-18,20H2,1-4H3;1H3/t21-,23+,24-,25+,26+,28?,29+,30-,31+;21-,23+,24-,25+,26+,28+,29+,30-,31+;21-,23+,24-,25+,26+,28-,29+,30-,31+;/m111./s1. The van der Waals surface area contributed by atoms with Crippen LogP contribution in [-0.4, -0.2) is 68.7 Å². The van der Waals surface area contributed by atoms with Crippen LogP contribution in [0.15, 0.2) is 108 Å². The van der Waals surface area contributed by atoms with Gasteiger partial charge in [0, 0.05) is 37.0 Å². The zero-order valence-electron chi connectivity index (χ0n) is 67.7. The SMILES string of the molecule is CC[C@]1(O)CC[C@@]2(C)C(=CC[C@H]3[C@@H]4CC[C@H]([C@H](C)CCC(O)c5ccccn5)[C@@]4(C)CC[C@@H]32)C1.CC[C@]1(O)CC[C@@]2(C)C(=CC[C@H]3[C@@H]4CC[C@H]([C@H](C)CC[C@@H](O)c5ccccn5)[C@@]4(C)CC[C@@H]32)C1.CC[C@]1(O)CC[C@@]2(C)C(=CC[C@H]3[C@@H]4CC[C@H]([C@H](C)CC[C@H](O)c5ccccn5)[C@@]4(C)CC[C@@H]32)C1.CSF. The lowest BCUT2D eigenvalue weighted by molar-refractivity contribution is -0.0757. The van der Waals surface area contributed by atoms with Gasteiger partial charge in [-0.3, -0.25) is 15.0 Å². The highest BCUT2D eigenvalue weighted by atomic mass is 32.2. The van der Waals surface area contributed by atoms with Crippen LogP contribution in [0.1, 0.15) is 330 Å². The molecule has 0 bridgehead atoms. The van der Waals surface area contributed by atoms with Crippen LogP contribution < -0.4 is 0 Å². The molecule has 0 spiro atoms. The lowest BCUT2D eigenvalue weighted by Gasteiger charge is -2.59. The molecule has 12 aliphatic rings. The molecule has 15 rings (SSSR count). The molecule has 0 amide bonds. The Kier molecular flexibility index (Phi) is 25.4. The molecular weight excluding hydrogens is 1320 g/mol. The lowest BCUT2D eigenvalue weighted by Crippen LogP contribution is -2.52. The Morgan fingerprint density at radius 2 is 0.657 bits per heavy atom. The molecule has 3 heterocycles. The first-order valence-corrected chi connectivity index (χ1v) is 44.3. The summed E-state index contributed by atoms with van der Waals surface area (Å²) in [6.07, 6.45) is 50.6. The maximum atomic E-state index is 11.0. The number of hydrogen-bond acceptors (Lipinski definition) is 10. The minimum atomic E-state index is -0.463. The molecule has 9 nitrogen and oxygen atoms in total. The van der Waals surface area contributed by atoms with Crippen molar-refractivity contribution in [3.8, 4) is 0 Å². The Bertz CT molecular complexity index is 3080. The van der Waals surface area contributed by atoms with Crippen LogP contribution in [0.3, 0.4) is 0 Å². The number of allylic oxidation sites excluding steroid dienone is 3. The molecular formula is C94H144FN3O6S. The van der Waals surface area contributed by atoms with E-state index in [0.29, 0.717) is 50.2 Å². The number of halogens is 1. The Morgan fingerprint density at radius 1 is 0.390 bits per heavy atom. The van der Waals surface area contributed by atoms with Gasteiger partial charge in [-0.1, -0.05) is 136 Å². The first-order valence-electron chi connectivity index (χ1n) is 43.2. The zero-order valence-corrected chi connectivity index (χ0v) is 68.5. The van der Waals surface area contributed by atoms with Crippen molar-refractivity contribution >= 4 is 12.1 Å². The smallest absolute Gasteiger partial charge is 0.0959 e. The number of nitrogens with zero attached hydrogens (tertiary/aromatic N) is 3. The number of hydrogen-bond donors (Lipinski definition) is 6. The Labute approximate surface area is 640 Å². The van der Waals surface area contributed by atoms with Gasteiger partial charge in [-0.2, -0.15) is 3.89 Å². The highest BCUT2D eigenvalue weighted by molar-refractivity contribution is 7.93. The number of aliphatic hydroxyl groups excluding tert-OH is 3. The molecule has 9 saturated carbocycles. The van der Waals surface area contributed by atoms with E-state index in [4.69, 9.17) is 0 Å². The van der Waals surface area contributed by atoms with E-state index < -0.39 is 35.1 Å². The van der Waals surface area contributed by atoms with Gasteiger partial charge in [0.25, 0.3) is 0 Å². The van der Waals surface area contributed by atoms with E-state index in [1.807, 2.05) is 54.6 Å². The van der Waals surface area contributed by atoms with Crippen LogP contribution in [0.4, 0.5) is 3.89 Å². The van der Waals surface area contributed by atoms with E-state index in [2.05, 4.69) is 116 Å². The number of aliphatic hydroxyl groups is 6. The highest BCUT2D eigenvalue weighted by Crippen LogP contribution is 2.72. The van der Waals surface area contributed by atoms with Gasteiger partial charge in [0.05, 0.1) is 52.2 Å². The van der Waals surface area contributed by atoms with E-state index in [9.17, 15) is 34.5 Å². The van der Waals surface area contributed by atoms with Gasteiger partial charge in [-0.05, 0) is 370 Å². The maximum absolute atomic E-state index is 11.0. The third-order valence-electron chi connectivity index (χ3n) is 34.8. The van der Waals surface area contributed by atoms with Crippen molar-refractivity contribution in [3.63, 3.8) is 0 Å². The second kappa shape index (κ2) is 32.8. The van der Waals surface area contributed by atoms with Gasteiger partial charge in [-0.15, -0.1) is 0 Å². The predicted molar refractivity (Wildman–Crippen MR) is 429 cm³/mol. The third-order valence-corrected chi connectivity index (χ3v) is 34.8. The van der Waals surface area contributed by atoms with Gasteiger partial charge in [0.2, 0.25) is 0 Å². The largest absolute Gasteiger partial charge is 0.390 e. The topological polar surface area (TPSA) is 160 Å². The Morgan fingerprint density at radius 3 is 0.895 bits per heavy atom. The van der Waals surface area contributed by atoms with Gasteiger partial charge in [0.15, 0.2) is 0 Å². The minimum absolute atomic E-state index is 0.250. The Hall–Kier alpha value is -3.29. The van der Waals surface area contributed by atoms with E-state index in [1.165, 1.54) is 122 Å². The summed E-state index contributed by atoms with van der Waals surface area (Å²) in [5.41, 5.74) is 8.04. The minimum Gasteiger partial charge on any atom is -0.390 e. The fourth-order valence-electron chi connectivity index (χ4n) is 28.0. The quantitative estimate of drug-likeness (QED) is 0.0677. The summed E-state index contributed by atoms with van der Waals surface area (Å²) in [5, 5.41) is 65.1. The molecule has 11 heteroatoms. The van der Waals surface area contributed by atoms with Crippen molar-refractivity contribution in [1.82, 2.24) is 15.0 Å². The van der Waals surface area contributed by atoms with Crippen LogP contribution in [0.25, 0.3) is 0 Å². The van der Waals surface area contributed by atoms with Crippen molar-refractivity contribution in [3.05, 3.63) is 125 Å². The van der Waals surface area contributed by atoms with Crippen molar-refractivity contribution < 1.29 is 34.5 Å². The molecule has 3 aromatic heterocycles. The predicted octanol–water partition coefficient (Wildman–Crippen LogP) is 23.0. The zero-order chi connectivity index (χ0) is 75.1. The number of fused-ring (bicyclic) bond motifs is 15. The molecule has 0 saturated heterocycles. The molecule has 12 aliphatic carbocycles. The summed E-state index contributed by atoms with van der Waals surface area (Å²) < 4.78 is 10.2. The van der Waals surface area contributed by atoms with Crippen LogP contribution in [0, 0.1) is 121 Å². The third kappa shape index (κ3) is 15.9. The summed E-state index contributed by atoms with van der Waals surface area (Å²) >= 11 is 0.250. The van der Waals surface area contributed by atoms with Crippen molar-refractivity contribution in [1.29, 1.82) is 0 Å². The lowest BCUT2D eigenvalue weighted by atomic mass is 9.46. The van der Waals surface area contributed by atoms with Crippen LogP contribution in [0.5, 0.6) is 0 Å². The average Bonchev–Trinajstić information content (AvgIpc) is 1.71. The van der Waals surface area contributed by atoms with E-state index in [1.54, 1.807) is 35.3 Å². The van der Waals surface area contributed by atoms with E-state index in [0.717, 1.165) is 184 Å². The van der Waals surface area contributed by atoms with Gasteiger partial charge in [-0.25, -0.2) is 0 Å². The molecule has 27 atom stereocenters. The molecule has 0 aromatic carbocycles. The highest BCUT2D eigenvalue weighted by Gasteiger charge is 2.64. The maximum Gasteiger partial charge on any atom is 0.0959 e. The number of aromatic nitrogens is 3. The first kappa shape index (κ1) is 81.2. The number of pyridine rings is 3. The summed E-state index contributed by atoms with van der Waals surface area (Å²) in [4.78, 5) is 13.1. The summed E-state index contributed by atoms with van der Waals surface area (Å²) in [5.74, 6) is 11.6. The molecule has 0 aliphatic heterocycles. The molecule has 1 unspecified atom stereocenters. The summed E-state index contributed by atoms with van der Waals surface area (Å²) in [6, 6.07) is 17.5. The van der Waals surface area contributed by atoms with E-state index in [-0.39, 0.29) is 12.1 Å². The van der Waals surface area contributed by atoms with Crippen molar-refractivity contribution in [2.75, 3.05) is 6.26 Å². The second-order valence-electron chi connectivity index (χ2n) is 39.4. The van der Waals surface area contributed by atoms with Crippen molar-refractivity contribution in [2.24, 2.45) is 121 Å². The Balaban J connectivity index is 0.000000145. The molecule has 0 radical (unpaired) electrons. The normalized spacial score (nSPS) is 42.2. The molecule has 3 aromatic rings. The van der Waals surface area contributed by atoms with Crippen LogP contribution in [-0.2, 0) is 0 Å². The van der Waals surface area contributed by atoms with Gasteiger partial charge < -0.3 is 30.6 Å². The molecule has 105 heavy (non-hydrogen) atoms. The van der Waals surface area contributed by atoms with Crippen LogP contribution >= 0.6 is 12.1 Å². The molecule has 584 valence electrons. The number of rotatable bonds is 18. The van der Waals surface area contributed by atoms with Gasteiger partial charge >= 0.3 is 0 Å². The fourth-order valence-corrected chi connectivity index (χ4v) is 28.0.